The van der Waals surface area contributed by atoms with E-state index >= 15 is 0 Å². The standard InChI is InChI=1S/C16H12N2OS/c1-19-11-6-7-15-13(9-11)18-16(20-15)14-8-10-4-2-3-5-12(10)17-14/h2-9,17H,1H3. The van der Waals surface area contributed by atoms with Gasteiger partial charge in [0.1, 0.15) is 10.8 Å². The molecule has 0 saturated heterocycles. The Morgan fingerprint density at radius 2 is 2.00 bits per heavy atom. The normalized spacial score (nSPS) is 11.2. The van der Waals surface area contributed by atoms with Crippen LogP contribution >= 0.6 is 11.3 Å². The van der Waals surface area contributed by atoms with Gasteiger partial charge in [0, 0.05) is 17.0 Å². The maximum Gasteiger partial charge on any atom is 0.140 e. The van der Waals surface area contributed by atoms with Crippen molar-refractivity contribution in [2.24, 2.45) is 0 Å². The van der Waals surface area contributed by atoms with Gasteiger partial charge in [-0.3, -0.25) is 0 Å². The third kappa shape index (κ3) is 1.77. The summed E-state index contributed by atoms with van der Waals surface area (Å²) in [5.74, 6) is 0.839. The monoisotopic (exact) mass is 280 g/mol. The maximum atomic E-state index is 5.24. The Hall–Kier alpha value is -2.33. The van der Waals surface area contributed by atoms with Gasteiger partial charge in [-0.25, -0.2) is 4.98 Å². The van der Waals surface area contributed by atoms with E-state index in [4.69, 9.17) is 9.72 Å². The van der Waals surface area contributed by atoms with Gasteiger partial charge >= 0.3 is 0 Å². The zero-order chi connectivity index (χ0) is 13.5. The van der Waals surface area contributed by atoms with E-state index in [1.54, 1.807) is 18.4 Å². The molecule has 0 saturated carbocycles. The van der Waals surface area contributed by atoms with Crippen LogP contribution in [0, 0.1) is 0 Å². The molecular formula is C16H12N2OS. The molecule has 0 radical (unpaired) electrons. The molecular weight excluding hydrogens is 268 g/mol. The fourth-order valence-corrected chi connectivity index (χ4v) is 3.26. The summed E-state index contributed by atoms with van der Waals surface area (Å²) in [6.07, 6.45) is 0. The lowest BCUT2D eigenvalue weighted by atomic mass is 10.2. The molecule has 2 aromatic heterocycles. The van der Waals surface area contributed by atoms with Crippen molar-refractivity contribution in [2.75, 3.05) is 7.11 Å². The van der Waals surface area contributed by atoms with Crippen LogP contribution < -0.4 is 4.74 Å². The van der Waals surface area contributed by atoms with E-state index in [9.17, 15) is 0 Å². The second-order valence-corrected chi connectivity index (χ2v) is 5.65. The first-order valence-corrected chi connectivity index (χ1v) is 7.18. The number of ether oxygens (including phenoxy) is 1. The van der Waals surface area contributed by atoms with Crippen molar-refractivity contribution in [3.05, 3.63) is 48.5 Å². The zero-order valence-corrected chi connectivity index (χ0v) is 11.7. The summed E-state index contributed by atoms with van der Waals surface area (Å²) in [7, 11) is 1.67. The Kier molecular flexibility index (Phi) is 2.50. The summed E-state index contributed by atoms with van der Waals surface area (Å²) >= 11 is 1.69. The van der Waals surface area contributed by atoms with Crippen molar-refractivity contribution in [2.45, 2.75) is 0 Å². The molecule has 2 aromatic carbocycles. The third-order valence-electron chi connectivity index (χ3n) is 3.36. The minimum atomic E-state index is 0.839. The number of fused-ring (bicyclic) bond motifs is 2. The Bertz CT molecular complexity index is 874. The number of H-pyrrole nitrogens is 1. The average molecular weight is 280 g/mol. The average Bonchev–Trinajstić information content (AvgIpc) is 3.09. The van der Waals surface area contributed by atoms with Crippen molar-refractivity contribution >= 4 is 32.5 Å². The quantitative estimate of drug-likeness (QED) is 0.589. The number of methoxy groups -OCH3 is 1. The number of thiazole rings is 1. The van der Waals surface area contributed by atoms with Gasteiger partial charge in [0.15, 0.2) is 0 Å². The first kappa shape index (κ1) is 11.5. The van der Waals surface area contributed by atoms with E-state index in [0.29, 0.717) is 0 Å². The lowest BCUT2D eigenvalue weighted by Gasteiger charge is -1.96. The molecule has 4 rings (SSSR count). The fourth-order valence-electron chi connectivity index (χ4n) is 2.34. The van der Waals surface area contributed by atoms with Gasteiger partial charge in [0.25, 0.3) is 0 Å². The molecule has 0 aliphatic carbocycles. The van der Waals surface area contributed by atoms with Crippen LogP contribution in [0.2, 0.25) is 0 Å². The van der Waals surface area contributed by atoms with Crippen molar-refractivity contribution in [3.63, 3.8) is 0 Å². The van der Waals surface area contributed by atoms with Crippen LogP contribution in [-0.2, 0) is 0 Å². The predicted octanol–water partition coefficient (Wildman–Crippen LogP) is 4.45. The van der Waals surface area contributed by atoms with E-state index in [2.05, 4.69) is 29.2 Å². The van der Waals surface area contributed by atoms with Crippen molar-refractivity contribution in [1.29, 1.82) is 0 Å². The molecule has 4 aromatic rings. The van der Waals surface area contributed by atoms with Crippen LogP contribution in [0.1, 0.15) is 0 Å². The van der Waals surface area contributed by atoms with Crippen LogP contribution in [0.3, 0.4) is 0 Å². The van der Waals surface area contributed by atoms with Gasteiger partial charge < -0.3 is 9.72 Å². The van der Waals surface area contributed by atoms with Gasteiger partial charge in [-0.15, -0.1) is 11.3 Å². The van der Waals surface area contributed by atoms with Gasteiger partial charge in [0.2, 0.25) is 0 Å². The minimum Gasteiger partial charge on any atom is -0.497 e. The lowest BCUT2D eigenvalue weighted by molar-refractivity contribution is 0.415. The molecule has 0 atom stereocenters. The van der Waals surface area contributed by atoms with Crippen molar-refractivity contribution in [1.82, 2.24) is 9.97 Å². The maximum absolute atomic E-state index is 5.24. The number of hydrogen-bond acceptors (Lipinski definition) is 3. The van der Waals surface area contributed by atoms with E-state index < -0.39 is 0 Å². The highest BCUT2D eigenvalue weighted by Crippen LogP contribution is 2.33. The Balaban J connectivity index is 1.88. The van der Waals surface area contributed by atoms with Gasteiger partial charge in [-0.2, -0.15) is 0 Å². The molecule has 3 nitrogen and oxygen atoms in total. The van der Waals surface area contributed by atoms with Crippen LogP contribution in [0.15, 0.2) is 48.5 Å². The SMILES string of the molecule is COc1ccc2sc(-c3cc4ccccc4[nH]3)nc2c1. The van der Waals surface area contributed by atoms with E-state index in [-0.39, 0.29) is 0 Å². The topological polar surface area (TPSA) is 37.9 Å². The van der Waals surface area contributed by atoms with E-state index in [1.165, 1.54) is 10.1 Å². The summed E-state index contributed by atoms with van der Waals surface area (Å²) in [6, 6.07) is 16.4. The molecule has 0 aliphatic rings. The summed E-state index contributed by atoms with van der Waals surface area (Å²) in [5, 5.41) is 2.21. The van der Waals surface area contributed by atoms with Crippen LogP contribution in [-0.4, -0.2) is 17.1 Å². The summed E-state index contributed by atoms with van der Waals surface area (Å²) < 4.78 is 6.41. The minimum absolute atomic E-state index is 0.839. The first-order chi connectivity index (χ1) is 9.83. The number of hydrogen-bond donors (Lipinski definition) is 1. The van der Waals surface area contributed by atoms with E-state index in [1.807, 2.05) is 24.3 Å². The van der Waals surface area contributed by atoms with Gasteiger partial charge in [0.05, 0.1) is 23.0 Å². The molecule has 2 heterocycles. The van der Waals surface area contributed by atoms with Gasteiger partial charge in [-0.05, 0) is 24.3 Å². The molecule has 0 spiro atoms. The molecule has 4 heteroatoms. The molecule has 0 bridgehead atoms. The number of rotatable bonds is 2. The highest BCUT2D eigenvalue weighted by atomic mass is 32.1. The summed E-state index contributed by atoms with van der Waals surface area (Å²) in [5.41, 5.74) is 3.17. The molecule has 0 aliphatic heterocycles. The Labute approximate surface area is 119 Å². The van der Waals surface area contributed by atoms with E-state index in [0.717, 1.165) is 27.5 Å². The molecule has 0 unspecified atom stereocenters. The number of benzene rings is 2. The molecule has 1 N–H and O–H groups in total. The molecule has 0 fully saturated rings. The smallest absolute Gasteiger partial charge is 0.140 e. The second kappa shape index (κ2) is 4.35. The third-order valence-corrected chi connectivity index (χ3v) is 4.42. The summed E-state index contributed by atoms with van der Waals surface area (Å²) in [6.45, 7) is 0. The zero-order valence-electron chi connectivity index (χ0n) is 10.9. The van der Waals surface area contributed by atoms with Crippen molar-refractivity contribution in [3.8, 4) is 16.5 Å². The highest BCUT2D eigenvalue weighted by molar-refractivity contribution is 7.21. The van der Waals surface area contributed by atoms with Crippen molar-refractivity contribution < 1.29 is 4.74 Å². The van der Waals surface area contributed by atoms with Gasteiger partial charge in [-0.1, -0.05) is 18.2 Å². The molecule has 20 heavy (non-hydrogen) atoms. The number of nitrogens with one attached hydrogen (secondary N) is 1. The largest absolute Gasteiger partial charge is 0.497 e. The number of aromatic nitrogens is 2. The van der Waals surface area contributed by atoms with Crippen LogP contribution in [0.25, 0.3) is 31.8 Å². The lowest BCUT2D eigenvalue weighted by Crippen LogP contribution is -1.81. The number of para-hydroxylation sites is 1. The highest BCUT2D eigenvalue weighted by Gasteiger charge is 2.09. The second-order valence-electron chi connectivity index (χ2n) is 4.62. The number of aromatic amines is 1. The van der Waals surface area contributed by atoms with Crippen LogP contribution in [0.4, 0.5) is 0 Å². The fraction of sp³-hybridized carbons (Fsp3) is 0.0625. The Morgan fingerprint density at radius 3 is 2.85 bits per heavy atom. The summed E-state index contributed by atoms with van der Waals surface area (Å²) in [4.78, 5) is 8.11. The molecule has 0 amide bonds. The first-order valence-electron chi connectivity index (χ1n) is 6.36. The Morgan fingerprint density at radius 1 is 1.10 bits per heavy atom. The predicted molar refractivity (Wildman–Crippen MR) is 83.5 cm³/mol. The molecule has 98 valence electrons. The number of nitrogens with zero attached hydrogens (tertiary/aromatic N) is 1. The van der Waals surface area contributed by atoms with Crippen LogP contribution in [0.5, 0.6) is 5.75 Å².